The summed E-state index contributed by atoms with van der Waals surface area (Å²) in [5.74, 6) is 0. The average molecular weight is 275 g/mol. The molecule has 0 aromatic carbocycles. The van der Waals surface area contributed by atoms with Gasteiger partial charge in [0.05, 0.1) is 5.69 Å². The number of likely N-dealkylation sites (tertiary alicyclic amines) is 1. The van der Waals surface area contributed by atoms with Crippen LogP contribution in [0.1, 0.15) is 26.7 Å². The number of nitrogens with one attached hydrogen (secondary N) is 1. The molecule has 0 unspecified atom stereocenters. The van der Waals surface area contributed by atoms with Crippen molar-refractivity contribution >= 4 is 5.69 Å². The molecule has 1 aliphatic rings. The highest BCUT2D eigenvalue weighted by Gasteiger charge is 2.18. The predicted molar refractivity (Wildman–Crippen MR) is 84.2 cm³/mol. The number of hydrogen-bond acceptors (Lipinski definition) is 3. The zero-order valence-corrected chi connectivity index (χ0v) is 12.7. The Kier molecular flexibility index (Phi) is 5.01. The van der Waals surface area contributed by atoms with Crippen LogP contribution in [-0.4, -0.2) is 35.1 Å². The summed E-state index contributed by atoms with van der Waals surface area (Å²) in [5, 5.41) is 3.53. The third-order valence-electron chi connectivity index (χ3n) is 3.80. The Morgan fingerprint density at radius 3 is 2.65 bits per heavy atom. The second-order valence-corrected chi connectivity index (χ2v) is 5.87. The van der Waals surface area contributed by atoms with Gasteiger partial charge in [-0.3, -0.25) is 9.69 Å². The highest BCUT2D eigenvalue weighted by Crippen LogP contribution is 2.15. The maximum atomic E-state index is 11.4. The van der Waals surface area contributed by atoms with Gasteiger partial charge < -0.3 is 9.88 Å². The van der Waals surface area contributed by atoms with Gasteiger partial charge in [-0.1, -0.05) is 11.6 Å². The average Bonchev–Trinajstić information content (AvgIpc) is 2.42. The molecule has 1 aromatic heterocycles. The Balaban J connectivity index is 1.83. The van der Waals surface area contributed by atoms with E-state index in [9.17, 15) is 4.79 Å². The summed E-state index contributed by atoms with van der Waals surface area (Å²) in [6, 6.07) is 4.00. The minimum absolute atomic E-state index is 0.0343. The number of pyridine rings is 1. The molecule has 0 atom stereocenters. The molecule has 0 spiro atoms. The highest BCUT2D eigenvalue weighted by atomic mass is 16.1. The lowest BCUT2D eigenvalue weighted by atomic mass is 10.0. The number of aromatic nitrogens is 1. The van der Waals surface area contributed by atoms with Crippen molar-refractivity contribution in [3.8, 4) is 0 Å². The third kappa shape index (κ3) is 4.23. The van der Waals surface area contributed by atoms with Crippen LogP contribution < -0.4 is 10.9 Å². The van der Waals surface area contributed by atoms with Gasteiger partial charge in [-0.05, 0) is 32.8 Å². The van der Waals surface area contributed by atoms with Crippen LogP contribution in [0.5, 0.6) is 0 Å². The molecule has 0 radical (unpaired) electrons. The van der Waals surface area contributed by atoms with Crippen molar-refractivity contribution < 1.29 is 0 Å². The van der Waals surface area contributed by atoms with E-state index < -0.39 is 0 Å². The minimum atomic E-state index is 0.0343. The van der Waals surface area contributed by atoms with Gasteiger partial charge in [0, 0.05) is 45.0 Å². The molecule has 0 bridgehead atoms. The number of nitrogens with zero attached hydrogens (tertiary/aromatic N) is 2. The van der Waals surface area contributed by atoms with Crippen molar-refractivity contribution in [3.05, 3.63) is 40.3 Å². The molecule has 2 heterocycles. The maximum Gasteiger partial charge on any atom is 0.250 e. The van der Waals surface area contributed by atoms with Crippen molar-refractivity contribution in [1.29, 1.82) is 0 Å². The van der Waals surface area contributed by atoms with Crippen LogP contribution in [0.25, 0.3) is 0 Å². The van der Waals surface area contributed by atoms with Crippen molar-refractivity contribution in [2.45, 2.75) is 32.7 Å². The van der Waals surface area contributed by atoms with E-state index in [1.807, 2.05) is 12.3 Å². The monoisotopic (exact) mass is 275 g/mol. The van der Waals surface area contributed by atoms with Crippen LogP contribution in [-0.2, 0) is 7.05 Å². The number of piperidine rings is 1. The first kappa shape index (κ1) is 14.9. The molecule has 0 amide bonds. The molecule has 4 heteroatoms. The van der Waals surface area contributed by atoms with Gasteiger partial charge in [-0.25, -0.2) is 0 Å². The fourth-order valence-corrected chi connectivity index (χ4v) is 2.49. The minimum Gasteiger partial charge on any atom is -0.381 e. The summed E-state index contributed by atoms with van der Waals surface area (Å²) in [6.45, 7) is 7.62. The van der Waals surface area contributed by atoms with Gasteiger partial charge in [-0.2, -0.15) is 0 Å². The predicted octanol–water partition coefficient (Wildman–Crippen LogP) is 2.23. The smallest absolute Gasteiger partial charge is 0.250 e. The lowest BCUT2D eigenvalue weighted by Gasteiger charge is -2.32. The number of anilines is 1. The van der Waals surface area contributed by atoms with Crippen LogP contribution >= 0.6 is 0 Å². The number of hydrogen-bond donors (Lipinski definition) is 1. The second-order valence-electron chi connectivity index (χ2n) is 5.87. The quantitative estimate of drug-likeness (QED) is 0.856. The van der Waals surface area contributed by atoms with E-state index >= 15 is 0 Å². The van der Waals surface area contributed by atoms with Gasteiger partial charge >= 0.3 is 0 Å². The molecule has 4 nitrogen and oxygen atoms in total. The van der Waals surface area contributed by atoms with Gasteiger partial charge in [0.2, 0.25) is 5.56 Å². The molecule has 1 fully saturated rings. The number of allylic oxidation sites excluding steroid dienone is 1. The zero-order valence-electron chi connectivity index (χ0n) is 12.7. The molecule has 1 saturated heterocycles. The third-order valence-corrected chi connectivity index (χ3v) is 3.80. The second kappa shape index (κ2) is 6.75. The first-order valence-electron chi connectivity index (χ1n) is 7.33. The van der Waals surface area contributed by atoms with E-state index in [4.69, 9.17) is 0 Å². The molecule has 1 N–H and O–H groups in total. The summed E-state index contributed by atoms with van der Waals surface area (Å²) < 4.78 is 1.62. The summed E-state index contributed by atoms with van der Waals surface area (Å²) in [7, 11) is 1.79. The molecule has 1 aliphatic heterocycles. The lowest BCUT2D eigenvalue weighted by Crippen LogP contribution is -2.39. The van der Waals surface area contributed by atoms with E-state index in [0.717, 1.165) is 38.2 Å². The Morgan fingerprint density at radius 2 is 2.05 bits per heavy atom. The van der Waals surface area contributed by atoms with Crippen LogP contribution in [0, 0.1) is 0 Å². The summed E-state index contributed by atoms with van der Waals surface area (Å²) in [4.78, 5) is 13.8. The summed E-state index contributed by atoms with van der Waals surface area (Å²) >= 11 is 0. The molecule has 0 saturated carbocycles. The Hall–Kier alpha value is -1.55. The van der Waals surface area contributed by atoms with Crippen LogP contribution in [0.2, 0.25) is 0 Å². The van der Waals surface area contributed by atoms with Crippen molar-refractivity contribution in [2.24, 2.45) is 7.05 Å². The van der Waals surface area contributed by atoms with Crippen molar-refractivity contribution in [3.63, 3.8) is 0 Å². The van der Waals surface area contributed by atoms with E-state index in [1.54, 1.807) is 17.7 Å². The van der Waals surface area contributed by atoms with Crippen LogP contribution in [0.15, 0.2) is 34.8 Å². The lowest BCUT2D eigenvalue weighted by molar-refractivity contribution is 0.240. The van der Waals surface area contributed by atoms with E-state index in [-0.39, 0.29) is 5.56 Å². The van der Waals surface area contributed by atoms with Crippen LogP contribution in [0.4, 0.5) is 5.69 Å². The normalized spacial score (nSPS) is 16.9. The largest absolute Gasteiger partial charge is 0.381 e. The van der Waals surface area contributed by atoms with Gasteiger partial charge in [0.1, 0.15) is 0 Å². The topological polar surface area (TPSA) is 37.3 Å². The highest BCUT2D eigenvalue weighted by molar-refractivity contribution is 5.41. The van der Waals surface area contributed by atoms with Crippen LogP contribution in [0.3, 0.4) is 0 Å². The standard InChI is InChI=1S/C16H25N3O/c1-13(2)6-9-19-10-7-14(8-11-19)17-15-4-5-16(20)18(3)12-15/h4-6,12,14,17H,7-11H2,1-3H3. The Labute approximate surface area is 121 Å². The number of aryl methyl sites for hydroxylation is 1. The first-order valence-corrected chi connectivity index (χ1v) is 7.33. The maximum absolute atomic E-state index is 11.4. The molecular formula is C16H25N3O. The Morgan fingerprint density at radius 1 is 1.35 bits per heavy atom. The van der Waals surface area contributed by atoms with E-state index in [2.05, 4.69) is 30.1 Å². The number of rotatable bonds is 4. The van der Waals surface area contributed by atoms with Crippen molar-refractivity contribution in [1.82, 2.24) is 9.47 Å². The van der Waals surface area contributed by atoms with Gasteiger partial charge in [-0.15, -0.1) is 0 Å². The summed E-state index contributed by atoms with van der Waals surface area (Å²) in [5.41, 5.74) is 2.46. The van der Waals surface area contributed by atoms with E-state index in [1.165, 1.54) is 5.57 Å². The first-order chi connectivity index (χ1) is 9.54. The zero-order chi connectivity index (χ0) is 14.5. The SMILES string of the molecule is CC(C)=CCN1CCC(Nc2ccc(=O)n(C)c2)CC1. The molecule has 0 aliphatic carbocycles. The van der Waals surface area contributed by atoms with Gasteiger partial charge in [0.25, 0.3) is 0 Å². The molecular weight excluding hydrogens is 250 g/mol. The van der Waals surface area contributed by atoms with E-state index in [0.29, 0.717) is 6.04 Å². The molecule has 1 aromatic rings. The molecule has 110 valence electrons. The van der Waals surface area contributed by atoms with Crippen molar-refractivity contribution in [2.75, 3.05) is 25.0 Å². The van der Waals surface area contributed by atoms with Gasteiger partial charge in [0.15, 0.2) is 0 Å². The fraction of sp³-hybridized carbons (Fsp3) is 0.562. The molecule has 2 rings (SSSR count). The summed E-state index contributed by atoms with van der Waals surface area (Å²) in [6.07, 6.45) is 6.47. The Bertz CT molecular complexity index is 521. The molecule has 20 heavy (non-hydrogen) atoms. The fourth-order valence-electron chi connectivity index (χ4n) is 2.49.